The molecule has 2 aromatic rings. The van der Waals surface area contributed by atoms with Crippen molar-refractivity contribution in [3.63, 3.8) is 0 Å². The number of aliphatic hydroxyl groups excluding tert-OH is 1. The smallest absolute Gasteiger partial charge is 0.323 e. The zero-order valence-electron chi connectivity index (χ0n) is 23.1. The summed E-state index contributed by atoms with van der Waals surface area (Å²) < 4.78 is 0. The van der Waals surface area contributed by atoms with Crippen LogP contribution in [0.1, 0.15) is 39.2 Å². The second-order valence-corrected chi connectivity index (χ2v) is 9.30. The highest BCUT2D eigenvalue weighted by atomic mass is 16.4. The minimum absolute atomic E-state index is 0.310. The fourth-order valence-electron chi connectivity index (χ4n) is 2.74. The van der Waals surface area contributed by atoms with Gasteiger partial charge in [-0.2, -0.15) is 0 Å². The number of carboxylic acid groups (broad SMARTS) is 4. The highest BCUT2D eigenvalue weighted by molar-refractivity contribution is 5.84. The Morgan fingerprint density at radius 2 is 1.27 bits per heavy atom. The number of fused-ring (bicyclic) bond motifs is 1. The average molecular weight is 587 g/mol. The van der Waals surface area contributed by atoms with Gasteiger partial charge in [0.1, 0.15) is 24.2 Å². The maximum Gasteiger partial charge on any atom is 0.323 e. The number of hydrogen-bond acceptors (Lipinski definition) is 10. The molecule has 0 aliphatic rings. The van der Waals surface area contributed by atoms with Crippen LogP contribution in [0.15, 0.2) is 30.5 Å². The van der Waals surface area contributed by atoms with Crippen molar-refractivity contribution in [2.75, 3.05) is 0 Å². The summed E-state index contributed by atoms with van der Waals surface area (Å²) in [6.07, 6.45) is 1.42. The molecule has 5 atom stereocenters. The number of aromatic nitrogens is 1. The van der Waals surface area contributed by atoms with Crippen LogP contribution in [0.3, 0.4) is 0 Å². The number of hydrogen-bond donors (Lipinski definition) is 11. The summed E-state index contributed by atoms with van der Waals surface area (Å²) in [7, 11) is 0. The van der Waals surface area contributed by atoms with Gasteiger partial charge in [0.2, 0.25) is 5.91 Å². The Morgan fingerprint density at radius 1 is 0.780 bits per heavy atom. The van der Waals surface area contributed by atoms with E-state index in [9.17, 15) is 24.0 Å². The average Bonchev–Trinajstić information content (AvgIpc) is 3.26. The largest absolute Gasteiger partial charge is 0.480 e. The van der Waals surface area contributed by atoms with Gasteiger partial charge in [-0.1, -0.05) is 32.0 Å². The molecule has 16 heteroatoms. The molecule has 0 saturated heterocycles. The van der Waals surface area contributed by atoms with Gasteiger partial charge in [-0.15, -0.1) is 0 Å². The monoisotopic (exact) mass is 586 g/mol. The van der Waals surface area contributed by atoms with Crippen LogP contribution >= 0.6 is 0 Å². The molecule has 5 unspecified atom stereocenters. The maximum atomic E-state index is 10.6. The number of amides is 1. The zero-order valence-corrected chi connectivity index (χ0v) is 23.1. The number of carbonyl (C=O) groups excluding carboxylic acids is 1. The number of H-pyrrole nitrogens is 1. The Labute approximate surface area is 236 Å². The van der Waals surface area contributed by atoms with Gasteiger partial charge >= 0.3 is 23.9 Å². The van der Waals surface area contributed by atoms with E-state index in [-0.39, 0.29) is 6.42 Å². The summed E-state index contributed by atoms with van der Waals surface area (Å²) in [5, 5.41) is 42.7. The van der Waals surface area contributed by atoms with E-state index in [1.54, 1.807) is 0 Å². The molecule has 1 amide bonds. The van der Waals surface area contributed by atoms with E-state index in [4.69, 9.17) is 48.5 Å². The lowest BCUT2D eigenvalue weighted by Gasteiger charge is -2.07. The van der Waals surface area contributed by atoms with E-state index in [0.717, 1.165) is 16.5 Å². The minimum atomic E-state index is -1.21. The van der Waals surface area contributed by atoms with Crippen LogP contribution in [-0.2, 0) is 30.4 Å². The number of rotatable bonds is 11. The van der Waals surface area contributed by atoms with E-state index < -0.39 is 60.1 Å². The standard InChI is InChI=1S/C11H12N2O2.C6H13NO2.C4H8N2O3.C4H9NO3/c12-9(11(14)15)5-7-6-13-10-4-2-1-3-8(7)10;1-4(2)3-5(7)6(8)9;5-2(4(8)9)1-3(6)7;1-2(6)3(5)4(7)8/h1-4,6,9,13H,5,12H2,(H,14,15);4-5H,3,7H2,1-2H3,(H,8,9);2H,1,5H2,(H2,6,7)(H,8,9);2-3,6H,5H2,1H3,(H,7,8). The summed E-state index contributed by atoms with van der Waals surface area (Å²) in [5.41, 5.74) is 27.1. The molecule has 232 valence electrons. The number of nitrogens with one attached hydrogen (secondary N) is 1. The first kappa shape index (κ1) is 39.1. The predicted molar refractivity (Wildman–Crippen MR) is 149 cm³/mol. The molecule has 1 aromatic carbocycles. The van der Waals surface area contributed by atoms with Crippen LogP contribution in [0, 0.1) is 5.92 Å². The van der Waals surface area contributed by atoms with Crippen LogP contribution in [-0.4, -0.2) is 90.6 Å². The summed E-state index contributed by atoms with van der Waals surface area (Å²) >= 11 is 0. The topological polar surface area (TPSA) is 332 Å². The molecule has 0 aliphatic carbocycles. The molecule has 16 N–H and O–H groups in total. The van der Waals surface area contributed by atoms with Crippen LogP contribution in [0.2, 0.25) is 0 Å². The van der Waals surface area contributed by atoms with Gasteiger partial charge in [0.25, 0.3) is 0 Å². The third-order valence-electron chi connectivity index (χ3n) is 5.02. The third kappa shape index (κ3) is 18.0. The van der Waals surface area contributed by atoms with Gasteiger partial charge in [0.15, 0.2) is 0 Å². The van der Waals surface area contributed by atoms with Crippen molar-refractivity contribution in [1.82, 2.24) is 4.98 Å². The maximum absolute atomic E-state index is 10.6. The van der Waals surface area contributed by atoms with Crippen molar-refractivity contribution in [3.8, 4) is 0 Å². The van der Waals surface area contributed by atoms with Crippen LogP contribution in [0.5, 0.6) is 0 Å². The van der Waals surface area contributed by atoms with Crippen molar-refractivity contribution in [2.45, 2.75) is 70.3 Å². The number of para-hydroxylation sites is 1. The highest BCUT2D eigenvalue weighted by Crippen LogP contribution is 2.18. The van der Waals surface area contributed by atoms with Crippen LogP contribution in [0.25, 0.3) is 10.9 Å². The van der Waals surface area contributed by atoms with Gasteiger partial charge in [-0.25, -0.2) is 0 Å². The lowest BCUT2D eigenvalue weighted by Crippen LogP contribution is -2.39. The Morgan fingerprint density at radius 3 is 1.59 bits per heavy atom. The van der Waals surface area contributed by atoms with Crippen molar-refractivity contribution >= 4 is 40.7 Å². The molecule has 0 saturated carbocycles. The van der Waals surface area contributed by atoms with Gasteiger partial charge < -0.3 is 59.2 Å². The van der Waals surface area contributed by atoms with E-state index >= 15 is 0 Å². The van der Waals surface area contributed by atoms with E-state index in [1.807, 2.05) is 44.3 Å². The number of carbonyl (C=O) groups is 5. The predicted octanol–water partition coefficient (Wildman–Crippen LogP) is -1.38. The van der Waals surface area contributed by atoms with Crippen molar-refractivity contribution in [1.29, 1.82) is 0 Å². The summed E-state index contributed by atoms with van der Waals surface area (Å²) in [4.78, 5) is 53.6. The first-order chi connectivity index (χ1) is 18.8. The van der Waals surface area contributed by atoms with Gasteiger partial charge in [-0.3, -0.25) is 24.0 Å². The minimum Gasteiger partial charge on any atom is -0.480 e. The normalized spacial score (nSPS) is 13.9. The number of nitrogens with two attached hydrogens (primary N) is 5. The Balaban J connectivity index is 0. The third-order valence-corrected chi connectivity index (χ3v) is 5.02. The van der Waals surface area contributed by atoms with Crippen molar-refractivity contribution in [2.24, 2.45) is 34.6 Å². The SMILES string of the molecule is CC(C)CC(N)C(=O)O.CC(O)C(N)C(=O)O.NC(=O)CC(N)C(=O)O.NC(Cc1c[nH]c2ccccc12)C(=O)O. The van der Waals surface area contributed by atoms with Gasteiger partial charge in [0.05, 0.1) is 12.5 Å². The Bertz CT molecular complexity index is 1120. The molecule has 1 heterocycles. The van der Waals surface area contributed by atoms with Crippen molar-refractivity contribution in [3.05, 3.63) is 36.0 Å². The summed E-state index contributed by atoms with van der Waals surface area (Å²) in [5.74, 6) is -4.63. The zero-order chi connectivity index (χ0) is 32.4. The second-order valence-electron chi connectivity index (χ2n) is 9.30. The first-order valence-corrected chi connectivity index (χ1v) is 12.3. The van der Waals surface area contributed by atoms with Gasteiger partial charge in [-0.05, 0) is 30.9 Å². The number of aliphatic hydroxyl groups is 1. The van der Waals surface area contributed by atoms with Crippen LogP contribution in [0.4, 0.5) is 0 Å². The molecule has 1 aromatic heterocycles. The second kappa shape index (κ2) is 19.9. The molecule has 41 heavy (non-hydrogen) atoms. The number of benzene rings is 1. The molecule has 0 fully saturated rings. The molecule has 2 rings (SSSR count). The molecule has 16 nitrogen and oxygen atoms in total. The molecule has 0 spiro atoms. The van der Waals surface area contributed by atoms with Crippen LogP contribution < -0.4 is 28.7 Å². The van der Waals surface area contributed by atoms with Gasteiger partial charge in [0, 0.05) is 23.5 Å². The lowest BCUT2D eigenvalue weighted by molar-refractivity contribution is -0.141. The lowest BCUT2D eigenvalue weighted by atomic mass is 10.1. The highest BCUT2D eigenvalue weighted by Gasteiger charge is 2.16. The Hall–Kier alpha value is -4.09. The number of carboxylic acids is 4. The fraction of sp³-hybridized carbons (Fsp3) is 0.480. The quantitative estimate of drug-likeness (QED) is 0.144. The first-order valence-electron chi connectivity index (χ1n) is 12.3. The number of aliphatic carboxylic acids is 4. The van der Waals surface area contributed by atoms with E-state index in [2.05, 4.69) is 10.7 Å². The molecular formula is C25H42N6O10. The molecule has 0 bridgehead atoms. The number of primary amides is 1. The van der Waals surface area contributed by atoms with E-state index in [1.165, 1.54) is 6.92 Å². The Kier molecular flexibility index (Phi) is 18.9. The molecular weight excluding hydrogens is 544 g/mol. The number of aromatic amines is 1. The fourth-order valence-corrected chi connectivity index (χ4v) is 2.74. The molecule has 0 radical (unpaired) electrons. The van der Waals surface area contributed by atoms with E-state index in [0.29, 0.717) is 18.8 Å². The molecule has 0 aliphatic heterocycles. The summed E-state index contributed by atoms with van der Waals surface area (Å²) in [6, 6.07) is 3.90. The van der Waals surface area contributed by atoms with Crippen molar-refractivity contribution < 1.29 is 49.5 Å². The summed E-state index contributed by atoms with van der Waals surface area (Å²) in [6.45, 7) is 5.23.